The first-order valence-electron chi connectivity index (χ1n) is 8.55. The fraction of sp³-hybridized carbons (Fsp3) is 0.263. The van der Waals surface area contributed by atoms with Gasteiger partial charge in [-0.2, -0.15) is 0 Å². The molecular formula is C19H18INO5S2. The Balaban J connectivity index is 2.06. The predicted molar refractivity (Wildman–Crippen MR) is 116 cm³/mol. The summed E-state index contributed by atoms with van der Waals surface area (Å²) < 4.78 is 59.1. The number of aromatic nitrogens is 1. The zero-order chi connectivity index (χ0) is 20.3. The summed E-state index contributed by atoms with van der Waals surface area (Å²) in [7, 11) is -7.59. The summed E-state index contributed by atoms with van der Waals surface area (Å²) in [6.07, 6.45) is 2.76. The molecule has 1 aromatic heterocycles. The van der Waals surface area contributed by atoms with E-state index in [1.165, 1.54) is 6.20 Å². The summed E-state index contributed by atoms with van der Waals surface area (Å²) in [5.41, 5.74) is 2.04. The van der Waals surface area contributed by atoms with Gasteiger partial charge in [0.25, 0.3) is 0 Å². The van der Waals surface area contributed by atoms with Crippen LogP contribution in [0.4, 0.5) is 0 Å². The van der Waals surface area contributed by atoms with Gasteiger partial charge in [0.2, 0.25) is 19.9 Å². The number of rotatable bonds is 4. The van der Waals surface area contributed by atoms with Crippen molar-refractivity contribution in [2.75, 3.05) is 10.7 Å². The molecule has 28 heavy (non-hydrogen) atoms. The number of sulfone groups is 1. The third-order valence-corrected chi connectivity index (χ3v) is 8.62. The number of hydrogen-bond acceptors (Lipinski definition) is 5. The second kappa shape index (κ2) is 6.74. The Morgan fingerprint density at radius 2 is 1.79 bits per heavy atom. The van der Waals surface area contributed by atoms with Crippen molar-refractivity contribution in [3.8, 4) is 5.75 Å². The molecule has 1 atom stereocenters. The van der Waals surface area contributed by atoms with E-state index in [0.717, 1.165) is 25.8 Å². The molecule has 0 spiro atoms. The lowest BCUT2D eigenvalue weighted by Crippen LogP contribution is -2.13. The van der Waals surface area contributed by atoms with E-state index in [4.69, 9.17) is 4.74 Å². The van der Waals surface area contributed by atoms with Crippen molar-refractivity contribution in [1.29, 1.82) is 0 Å². The SMILES string of the molecule is Cc1ccc(S(=O)(=O)c2cn(S(C)(=O)=O)c3ccc4c(c23)CC(CI)O4)cc1. The molecule has 2 aromatic carbocycles. The highest BCUT2D eigenvalue weighted by Gasteiger charge is 2.32. The summed E-state index contributed by atoms with van der Waals surface area (Å²) in [5, 5.41) is 0.427. The van der Waals surface area contributed by atoms with E-state index in [2.05, 4.69) is 22.6 Å². The van der Waals surface area contributed by atoms with Gasteiger partial charge < -0.3 is 4.74 Å². The molecule has 1 aliphatic rings. The van der Waals surface area contributed by atoms with Crippen LogP contribution in [0.1, 0.15) is 11.1 Å². The maximum absolute atomic E-state index is 13.4. The molecule has 0 saturated heterocycles. The Morgan fingerprint density at radius 3 is 2.39 bits per heavy atom. The highest BCUT2D eigenvalue weighted by molar-refractivity contribution is 14.1. The Labute approximate surface area is 177 Å². The van der Waals surface area contributed by atoms with Gasteiger partial charge in [-0.25, -0.2) is 20.8 Å². The lowest BCUT2D eigenvalue weighted by atomic mass is 10.1. The summed E-state index contributed by atoms with van der Waals surface area (Å²) in [5.74, 6) is 0.612. The van der Waals surface area contributed by atoms with E-state index in [0.29, 0.717) is 23.1 Å². The summed E-state index contributed by atoms with van der Waals surface area (Å²) in [6.45, 7) is 1.88. The van der Waals surface area contributed by atoms with Crippen LogP contribution in [-0.2, 0) is 26.3 Å². The molecule has 0 N–H and O–H groups in total. The minimum absolute atomic E-state index is 0.00802. The van der Waals surface area contributed by atoms with Crippen LogP contribution in [0.15, 0.2) is 52.4 Å². The largest absolute Gasteiger partial charge is 0.489 e. The fourth-order valence-corrected chi connectivity index (χ4v) is 6.34. The van der Waals surface area contributed by atoms with Crippen molar-refractivity contribution in [2.24, 2.45) is 0 Å². The maximum Gasteiger partial charge on any atom is 0.236 e. The number of nitrogens with zero attached hydrogens (tertiary/aromatic N) is 1. The average molecular weight is 531 g/mol. The van der Waals surface area contributed by atoms with Crippen molar-refractivity contribution < 1.29 is 21.6 Å². The van der Waals surface area contributed by atoms with Gasteiger partial charge in [-0.3, -0.25) is 0 Å². The fourth-order valence-electron chi connectivity index (χ4n) is 3.49. The van der Waals surface area contributed by atoms with Crippen molar-refractivity contribution in [2.45, 2.75) is 29.2 Å². The minimum Gasteiger partial charge on any atom is -0.489 e. The van der Waals surface area contributed by atoms with Crippen LogP contribution in [-0.4, -0.2) is 37.6 Å². The standard InChI is InChI=1S/C19H18INO5S2/c1-12-3-5-14(6-4-12)28(24,25)18-11-21(27(2,22)23)16-7-8-17-15(19(16)18)9-13(10-20)26-17/h3-8,11,13H,9-10H2,1-2H3. The topological polar surface area (TPSA) is 82.4 Å². The summed E-state index contributed by atoms with van der Waals surface area (Å²) >= 11 is 2.22. The number of aryl methyl sites for hydroxylation is 1. The van der Waals surface area contributed by atoms with Crippen LogP contribution < -0.4 is 4.74 Å². The number of benzene rings is 2. The van der Waals surface area contributed by atoms with Gasteiger partial charge >= 0.3 is 0 Å². The highest BCUT2D eigenvalue weighted by Crippen LogP contribution is 2.41. The molecule has 0 fully saturated rings. The van der Waals surface area contributed by atoms with Crippen LogP contribution in [0.3, 0.4) is 0 Å². The van der Waals surface area contributed by atoms with E-state index in [9.17, 15) is 16.8 Å². The molecule has 6 nitrogen and oxygen atoms in total. The lowest BCUT2D eigenvalue weighted by molar-refractivity contribution is 0.262. The first kappa shape index (κ1) is 19.7. The molecule has 0 bridgehead atoms. The molecule has 3 aromatic rings. The zero-order valence-electron chi connectivity index (χ0n) is 15.2. The van der Waals surface area contributed by atoms with Crippen LogP contribution in [0.5, 0.6) is 5.75 Å². The van der Waals surface area contributed by atoms with Gasteiger partial charge in [0.15, 0.2) is 0 Å². The Kier molecular flexibility index (Phi) is 4.74. The Bertz CT molecular complexity index is 1290. The van der Waals surface area contributed by atoms with Crippen molar-refractivity contribution >= 4 is 53.4 Å². The Morgan fingerprint density at radius 1 is 1.11 bits per heavy atom. The van der Waals surface area contributed by atoms with Crippen molar-refractivity contribution in [1.82, 2.24) is 3.97 Å². The smallest absolute Gasteiger partial charge is 0.236 e. The molecule has 0 saturated carbocycles. The number of halogens is 1. The first-order chi connectivity index (χ1) is 13.1. The second-order valence-corrected chi connectivity index (χ2v) is 11.6. The molecule has 1 unspecified atom stereocenters. The summed E-state index contributed by atoms with van der Waals surface area (Å²) in [4.78, 5) is 0.124. The van der Waals surface area contributed by atoms with Crippen LogP contribution in [0.25, 0.3) is 10.9 Å². The molecule has 2 heterocycles. The molecule has 0 aliphatic carbocycles. The normalized spacial score (nSPS) is 16.9. The lowest BCUT2D eigenvalue weighted by Gasteiger charge is -2.06. The van der Waals surface area contributed by atoms with Crippen LogP contribution >= 0.6 is 22.6 Å². The van der Waals surface area contributed by atoms with Gasteiger partial charge in [-0.1, -0.05) is 40.3 Å². The molecular weight excluding hydrogens is 513 g/mol. The molecule has 9 heteroatoms. The van der Waals surface area contributed by atoms with E-state index in [1.54, 1.807) is 36.4 Å². The monoisotopic (exact) mass is 531 g/mol. The van der Waals surface area contributed by atoms with Crippen LogP contribution in [0, 0.1) is 6.92 Å². The van der Waals surface area contributed by atoms with Crippen molar-refractivity contribution in [3.05, 3.63) is 53.7 Å². The number of fused-ring (bicyclic) bond motifs is 3. The van der Waals surface area contributed by atoms with E-state index < -0.39 is 19.9 Å². The molecule has 1 aliphatic heterocycles. The predicted octanol–water partition coefficient (Wildman–Crippen LogP) is 3.33. The number of alkyl halides is 1. The van der Waals surface area contributed by atoms with Gasteiger partial charge in [-0.05, 0) is 31.2 Å². The third-order valence-electron chi connectivity index (χ3n) is 4.84. The van der Waals surface area contributed by atoms with E-state index in [-0.39, 0.29) is 15.9 Å². The first-order valence-corrected chi connectivity index (χ1v) is 13.4. The van der Waals surface area contributed by atoms with Gasteiger partial charge in [0, 0.05) is 28.0 Å². The number of ether oxygens (including phenoxy) is 1. The minimum atomic E-state index is -3.91. The van der Waals surface area contributed by atoms with Gasteiger partial charge in [0.05, 0.1) is 21.6 Å². The molecule has 148 valence electrons. The molecule has 4 rings (SSSR count). The van der Waals surface area contributed by atoms with Gasteiger partial charge in [-0.15, -0.1) is 0 Å². The number of hydrogen-bond donors (Lipinski definition) is 0. The van der Waals surface area contributed by atoms with Gasteiger partial charge in [0.1, 0.15) is 11.9 Å². The summed E-state index contributed by atoms with van der Waals surface area (Å²) in [6, 6.07) is 9.86. The third kappa shape index (κ3) is 3.13. The van der Waals surface area contributed by atoms with Crippen LogP contribution in [0.2, 0.25) is 0 Å². The Hall–Kier alpha value is -1.59. The van der Waals surface area contributed by atoms with E-state index >= 15 is 0 Å². The highest BCUT2D eigenvalue weighted by atomic mass is 127. The average Bonchev–Trinajstić information content (AvgIpc) is 3.22. The van der Waals surface area contributed by atoms with E-state index in [1.807, 2.05) is 6.92 Å². The van der Waals surface area contributed by atoms with Crippen molar-refractivity contribution in [3.63, 3.8) is 0 Å². The quantitative estimate of drug-likeness (QED) is 0.381. The molecule has 0 radical (unpaired) electrons. The second-order valence-electron chi connectivity index (χ2n) is 6.90. The maximum atomic E-state index is 13.4. The zero-order valence-corrected chi connectivity index (χ0v) is 19.0. The molecule has 0 amide bonds.